The number of amides is 2. The molecule has 1 N–H and O–H groups in total. The van der Waals surface area contributed by atoms with Crippen LogP contribution in [-0.4, -0.2) is 36.4 Å². The van der Waals surface area contributed by atoms with Crippen molar-refractivity contribution in [2.75, 3.05) is 13.7 Å². The molecule has 0 saturated carbocycles. The standard InChI is InChI=1S/C22H25BrCl2N2O3/c1-5-19(22(29)26-4)27(11-15-6-7-17(24)18(25)10-15)20(28)12-30-16-8-13(2)21(23)14(3)9-16/h6-10,19H,5,11-12H2,1-4H3,(H,26,29)/t19-/m1/s1. The lowest BCUT2D eigenvalue weighted by atomic mass is 10.1. The van der Waals surface area contributed by atoms with E-state index < -0.39 is 6.04 Å². The molecule has 0 aliphatic heterocycles. The Kier molecular flexibility index (Phi) is 9.01. The maximum Gasteiger partial charge on any atom is 0.261 e. The van der Waals surface area contributed by atoms with Crippen LogP contribution in [0.1, 0.15) is 30.0 Å². The molecule has 1 atom stereocenters. The van der Waals surface area contributed by atoms with Gasteiger partial charge in [-0.2, -0.15) is 0 Å². The van der Waals surface area contributed by atoms with E-state index >= 15 is 0 Å². The number of ether oxygens (including phenoxy) is 1. The fourth-order valence-electron chi connectivity index (χ4n) is 3.14. The minimum atomic E-state index is -0.631. The van der Waals surface area contributed by atoms with Crippen LogP contribution in [0.4, 0.5) is 0 Å². The maximum atomic E-state index is 13.1. The Morgan fingerprint density at radius 1 is 1.13 bits per heavy atom. The summed E-state index contributed by atoms with van der Waals surface area (Å²) in [5, 5.41) is 3.45. The van der Waals surface area contributed by atoms with Crippen molar-refractivity contribution in [2.24, 2.45) is 0 Å². The third-order valence-corrected chi connectivity index (χ3v) is 6.73. The normalized spacial score (nSPS) is 11.7. The fraction of sp³-hybridized carbons (Fsp3) is 0.364. The van der Waals surface area contributed by atoms with E-state index in [0.717, 1.165) is 21.2 Å². The zero-order valence-electron chi connectivity index (χ0n) is 17.4. The zero-order valence-corrected chi connectivity index (χ0v) is 20.5. The minimum Gasteiger partial charge on any atom is -0.484 e. The molecule has 2 amide bonds. The van der Waals surface area contributed by atoms with Crippen LogP contribution < -0.4 is 10.1 Å². The van der Waals surface area contributed by atoms with Crippen LogP contribution in [0.2, 0.25) is 10.0 Å². The lowest BCUT2D eigenvalue weighted by Crippen LogP contribution is -2.49. The molecule has 5 nitrogen and oxygen atoms in total. The van der Waals surface area contributed by atoms with Crippen LogP contribution in [0.25, 0.3) is 0 Å². The Bertz CT molecular complexity index is 914. The van der Waals surface area contributed by atoms with Gasteiger partial charge in [0.15, 0.2) is 6.61 Å². The van der Waals surface area contributed by atoms with Crippen LogP contribution in [0.15, 0.2) is 34.8 Å². The monoisotopic (exact) mass is 514 g/mol. The second-order valence-corrected chi connectivity index (χ2v) is 8.58. The molecule has 0 saturated heterocycles. The third kappa shape index (κ3) is 6.13. The second kappa shape index (κ2) is 11.0. The number of carbonyl (C=O) groups excluding carboxylic acids is 2. The molecule has 0 spiro atoms. The van der Waals surface area contributed by atoms with Gasteiger partial charge in [0.25, 0.3) is 5.91 Å². The lowest BCUT2D eigenvalue weighted by Gasteiger charge is -2.30. The van der Waals surface area contributed by atoms with Crippen molar-refractivity contribution in [3.63, 3.8) is 0 Å². The van der Waals surface area contributed by atoms with Crippen LogP contribution in [0.5, 0.6) is 5.75 Å². The molecule has 0 radical (unpaired) electrons. The molecule has 0 fully saturated rings. The number of hydrogen-bond acceptors (Lipinski definition) is 3. The summed E-state index contributed by atoms with van der Waals surface area (Å²) in [6, 6.07) is 8.25. The molecule has 0 aromatic heterocycles. The molecular formula is C22H25BrCl2N2O3. The molecule has 0 aliphatic carbocycles. The Hall–Kier alpha value is -1.76. The quantitative estimate of drug-likeness (QED) is 0.518. The second-order valence-electron chi connectivity index (χ2n) is 6.97. The van der Waals surface area contributed by atoms with Gasteiger partial charge in [0.05, 0.1) is 10.0 Å². The van der Waals surface area contributed by atoms with E-state index in [-0.39, 0.29) is 25.0 Å². The molecule has 2 aromatic carbocycles. The summed E-state index contributed by atoms with van der Waals surface area (Å²) >= 11 is 15.6. The number of benzene rings is 2. The van der Waals surface area contributed by atoms with Gasteiger partial charge in [0.1, 0.15) is 11.8 Å². The Morgan fingerprint density at radius 3 is 2.30 bits per heavy atom. The largest absolute Gasteiger partial charge is 0.484 e. The number of nitrogens with zero attached hydrogens (tertiary/aromatic N) is 1. The van der Waals surface area contributed by atoms with E-state index in [1.165, 1.54) is 4.90 Å². The van der Waals surface area contributed by atoms with Crippen molar-refractivity contribution in [3.8, 4) is 5.75 Å². The summed E-state index contributed by atoms with van der Waals surface area (Å²) in [5.41, 5.74) is 2.80. The number of nitrogens with one attached hydrogen (secondary N) is 1. The number of hydrogen-bond donors (Lipinski definition) is 1. The van der Waals surface area contributed by atoms with Gasteiger partial charge in [-0.3, -0.25) is 9.59 Å². The average Bonchev–Trinajstić information content (AvgIpc) is 2.72. The topological polar surface area (TPSA) is 58.6 Å². The minimum absolute atomic E-state index is 0.185. The lowest BCUT2D eigenvalue weighted by molar-refractivity contribution is -0.142. The van der Waals surface area contributed by atoms with Crippen molar-refractivity contribution in [1.82, 2.24) is 10.2 Å². The summed E-state index contributed by atoms with van der Waals surface area (Å²) < 4.78 is 6.77. The molecule has 0 unspecified atom stereocenters. The summed E-state index contributed by atoms with van der Waals surface area (Å²) in [5.74, 6) is 0.0695. The molecule has 162 valence electrons. The van der Waals surface area contributed by atoms with Gasteiger partial charge in [-0.1, -0.05) is 52.1 Å². The first-order chi connectivity index (χ1) is 14.2. The summed E-state index contributed by atoms with van der Waals surface area (Å²) in [6.07, 6.45) is 0.462. The van der Waals surface area contributed by atoms with Gasteiger partial charge < -0.3 is 15.0 Å². The van der Waals surface area contributed by atoms with Crippen LogP contribution in [-0.2, 0) is 16.1 Å². The highest BCUT2D eigenvalue weighted by Crippen LogP contribution is 2.27. The highest BCUT2D eigenvalue weighted by Gasteiger charge is 2.28. The van der Waals surface area contributed by atoms with Gasteiger partial charge in [-0.15, -0.1) is 0 Å². The predicted molar refractivity (Wildman–Crippen MR) is 124 cm³/mol. The molecule has 8 heteroatoms. The SMILES string of the molecule is CC[C@H](C(=O)NC)N(Cc1ccc(Cl)c(Cl)c1)C(=O)COc1cc(C)c(Br)c(C)c1. The predicted octanol–water partition coefficient (Wildman–Crippen LogP) is 5.30. The van der Waals surface area contributed by atoms with E-state index in [1.807, 2.05) is 32.9 Å². The Morgan fingerprint density at radius 2 is 1.77 bits per heavy atom. The molecular weight excluding hydrogens is 491 g/mol. The first-order valence-corrected chi connectivity index (χ1v) is 11.1. The average molecular weight is 516 g/mol. The van der Waals surface area contributed by atoms with Crippen molar-refractivity contribution >= 4 is 50.9 Å². The number of halogens is 3. The Labute approximate surface area is 195 Å². The molecule has 30 heavy (non-hydrogen) atoms. The van der Waals surface area contributed by atoms with Crippen molar-refractivity contribution in [1.29, 1.82) is 0 Å². The molecule has 2 aromatic rings. The van der Waals surface area contributed by atoms with Gasteiger partial charge in [0.2, 0.25) is 5.91 Å². The first kappa shape index (κ1) is 24.5. The Balaban J connectivity index is 2.24. The van der Waals surface area contributed by atoms with Crippen molar-refractivity contribution in [3.05, 3.63) is 61.5 Å². The van der Waals surface area contributed by atoms with E-state index in [4.69, 9.17) is 27.9 Å². The fourth-order valence-corrected chi connectivity index (χ4v) is 3.69. The molecule has 0 bridgehead atoms. The van der Waals surface area contributed by atoms with Gasteiger partial charge in [-0.05, 0) is 61.2 Å². The summed E-state index contributed by atoms with van der Waals surface area (Å²) in [6.45, 7) is 5.80. The zero-order chi connectivity index (χ0) is 22.4. The van der Waals surface area contributed by atoms with Gasteiger partial charge in [0, 0.05) is 18.1 Å². The first-order valence-electron chi connectivity index (χ1n) is 9.52. The number of rotatable bonds is 8. The number of carbonyl (C=O) groups is 2. The van der Waals surface area contributed by atoms with Crippen molar-refractivity contribution < 1.29 is 14.3 Å². The van der Waals surface area contributed by atoms with E-state index in [9.17, 15) is 9.59 Å². The van der Waals surface area contributed by atoms with Crippen LogP contribution in [0, 0.1) is 13.8 Å². The molecule has 0 aliphatic rings. The van der Waals surface area contributed by atoms with Crippen LogP contribution in [0.3, 0.4) is 0 Å². The highest BCUT2D eigenvalue weighted by molar-refractivity contribution is 9.10. The van der Waals surface area contributed by atoms with E-state index in [1.54, 1.807) is 25.2 Å². The summed E-state index contributed by atoms with van der Waals surface area (Å²) in [7, 11) is 1.55. The number of aryl methyl sites for hydroxylation is 2. The van der Waals surface area contributed by atoms with Crippen LogP contribution >= 0.6 is 39.1 Å². The van der Waals surface area contributed by atoms with E-state index in [0.29, 0.717) is 22.2 Å². The van der Waals surface area contributed by atoms with Crippen molar-refractivity contribution in [2.45, 2.75) is 39.8 Å². The molecule has 0 heterocycles. The summed E-state index contributed by atoms with van der Waals surface area (Å²) in [4.78, 5) is 27.0. The van der Waals surface area contributed by atoms with E-state index in [2.05, 4.69) is 21.2 Å². The van der Waals surface area contributed by atoms with Gasteiger partial charge in [-0.25, -0.2) is 0 Å². The molecule has 2 rings (SSSR count). The maximum absolute atomic E-state index is 13.1. The third-order valence-electron chi connectivity index (χ3n) is 4.74. The number of likely N-dealkylation sites (N-methyl/N-ethyl adjacent to an activating group) is 1. The van der Waals surface area contributed by atoms with Gasteiger partial charge >= 0.3 is 0 Å². The smallest absolute Gasteiger partial charge is 0.261 e. The highest BCUT2D eigenvalue weighted by atomic mass is 79.9.